The van der Waals surface area contributed by atoms with Gasteiger partial charge in [0.25, 0.3) is 0 Å². The normalized spacial score (nSPS) is 33.8. The van der Waals surface area contributed by atoms with Crippen molar-refractivity contribution >= 4 is 11.3 Å². The first kappa shape index (κ1) is 9.86. The molecule has 0 spiro atoms. The zero-order valence-electron chi connectivity index (χ0n) is 9.33. The molecule has 3 unspecified atom stereocenters. The van der Waals surface area contributed by atoms with Crippen molar-refractivity contribution in [2.45, 2.75) is 51.1 Å². The molecule has 2 aliphatic carbocycles. The van der Waals surface area contributed by atoms with Crippen LogP contribution in [0, 0.1) is 5.92 Å². The Balaban J connectivity index is 1.68. The maximum Gasteiger partial charge on any atom is 0.0333 e. The van der Waals surface area contributed by atoms with E-state index < -0.39 is 0 Å². The molecular weight excluding hydrogens is 202 g/mol. The predicted molar refractivity (Wildman–Crippen MR) is 65.3 cm³/mol. The third-order valence-corrected chi connectivity index (χ3v) is 4.91. The lowest BCUT2D eigenvalue weighted by molar-refractivity contribution is 0.448. The van der Waals surface area contributed by atoms with Crippen LogP contribution >= 0.6 is 11.3 Å². The van der Waals surface area contributed by atoms with E-state index in [4.69, 9.17) is 0 Å². The van der Waals surface area contributed by atoms with Gasteiger partial charge in [-0.15, -0.1) is 11.3 Å². The van der Waals surface area contributed by atoms with Crippen LogP contribution in [0.5, 0.6) is 0 Å². The summed E-state index contributed by atoms with van der Waals surface area (Å²) in [5, 5.41) is 6.10. The number of hydrogen-bond acceptors (Lipinski definition) is 2. The van der Waals surface area contributed by atoms with E-state index >= 15 is 0 Å². The first-order valence-electron chi connectivity index (χ1n) is 6.20. The molecule has 0 bridgehead atoms. The SMILES string of the molecule is CCC1CC1NC1CCCc2sccc21. The first-order valence-corrected chi connectivity index (χ1v) is 7.08. The zero-order chi connectivity index (χ0) is 10.3. The Morgan fingerprint density at radius 3 is 3.27 bits per heavy atom. The highest BCUT2D eigenvalue weighted by atomic mass is 32.1. The highest BCUT2D eigenvalue weighted by Crippen LogP contribution is 2.39. The van der Waals surface area contributed by atoms with Gasteiger partial charge in [-0.25, -0.2) is 0 Å². The number of aryl methyl sites for hydroxylation is 1. The van der Waals surface area contributed by atoms with E-state index in [-0.39, 0.29) is 0 Å². The van der Waals surface area contributed by atoms with Crippen molar-refractivity contribution in [1.82, 2.24) is 5.32 Å². The smallest absolute Gasteiger partial charge is 0.0333 e. The molecule has 1 fully saturated rings. The van der Waals surface area contributed by atoms with Crippen LogP contribution in [0.1, 0.15) is 49.1 Å². The fourth-order valence-electron chi connectivity index (χ4n) is 2.82. The molecule has 82 valence electrons. The number of rotatable bonds is 3. The monoisotopic (exact) mass is 221 g/mol. The summed E-state index contributed by atoms with van der Waals surface area (Å²) in [7, 11) is 0. The van der Waals surface area contributed by atoms with E-state index in [9.17, 15) is 0 Å². The summed E-state index contributed by atoms with van der Waals surface area (Å²) < 4.78 is 0. The summed E-state index contributed by atoms with van der Waals surface area (Å²) >= 11 is 1.94. The van der Waals surface area contributed by atoms with Gasteiger partial charge >= 0.3 is 0 Å². The Morgan fingerprint density at radius 2 is 2.47 bits per heavy atom. The lowest BCUT2D eigenvalue weighted by Gasteiger charge is -2.24. The third-order valence-electron chi connectivity index (χ3n) is 3.91. The quantitative estimate of drug-likeness (QED) is 0.823. The molecule has 0 radical (unpaired) electrons. The summed E-state index contributed by atoms with van der Waals surface area (Å²) in [5.41, 5.74) is 1.60. The summed E-state index contributed by atoms with van der Waals surface area (Å²) in [6, 6.07) is 3.83. The van der Waals surface area contributed by atoms with Gasteiger partial charge < -0.3 is 5.32 Å². The van der Waals surface area contributed by atoms with Gasteiger partial charge in [0.15, 0.2) is 0 Å². The Kier molecular flexibility index (Phi) is 2.57. The van der Waals surface area contributed by atoms with E-state index in [0.29, 0.717) is 6.04 Å². The summed E-state index contributed by atoms with van der Waals surface area (Å²) in [6.45, 7) is 2.31. The van der Waals surface area contributed by atoms with E-state index in [1.54, 1.807) is 10.4 Å². The standard InChI is InChI=1S/C13H19NS/c1-2-9-8-12(9)14-11-4-3-5-13-10(11)6-7-15-13/h6-7,9,11-12,14H,2-5,8H2,1H3. The second-order valence-electron chi connectivity index (χ2n) is 4.92. The van der Waals surface area contributed by atoms with Gasteiger partial charge in [0.1, 0.15) is 0 Å². The van der Waals surface area contributed by atoms with Crippen molar-refractivity contribution in [3.8, 4) is 0 Å². The minimum atomic E-state index is 0.668. The second kappa shape index (κ2) is 3.91. The van der Waals surface area contributed by atoms with Gasteiger partial charge in [-0.05, 0) is 48.6 Å². The average molecular weight is 221 g/mol. The van der Waals surface area contributed by atoms with Crippen molar-refractivity contribution < 1.29 is 0 Å². The largest absolute Gasteiger partial charge is 0.307 e. The van der Waals surface area contributed by atoms with Gasteiger partial charge in [-0.1, -0.05) is 13.3 Å². The van der Waals surface area contributed by atoms with Crippen molar-refractivity contribution in [3.63, 3.8) is 0 Å². The van der Waals surface area contributed by atoms with Crippen LogP contribution < -0.4 is 5.32 Å². The zero-order valence-corrected chi connectivity index (χ0v) is 10.1. The Labute approximate surface area is 95.9 Å². The molecule has 0 aromatic carbocycles. The molecule has 1 saturated carbocycles. The molecule has 1 heterocycles. The van der Waals surface area contributed by atoms with Crippen LogP contribution in [0.3, 0.4) is 0 Å². The Morgan fingerprint density at radius 1 is 1.53 bits per heavy atom. The van der Waals surface area contributed by atoms with Crippen LogP contribution in [0.25, 0.3) is 0 Å². The first-order chi connectivity index (χ1) is 7.38. The summed E-state index contributed by atoms with van der Waals surface area (Å²) in [6.07, 6.45) is 6.78. The van der Waals surface area contributed by atoms with E-state index in [2.05, 4.69) is 23.7 Å². The van der Waals surface area contributed by atoms with Crippen LogP contribution in [0.15, 0.2) is 11.4 Å². The Hall–Kier alpha value is -0.340. The molecule has 0 saturated heterocycles. The molecule has 0 aliphatic heterocycles. The molecular formula is C13H19NS. The lowest BCUT2D eigenvalue weighted by atomic mass is 9.94. The van der Waals surface area contributed by atoms with Gasteiger partial charge in [0.05, 0.1) is 0 Å². The fourth-order valence-corrected chi connectivity index (χ4v) is 3.81. The molecule has 3 rings (SSSR count). The van der Waals surface area contributed by atoms with Crippen LogP contribution in [0.4, 0.5) is 0 Å². The van der Waals surface area contributed by atoms with Gasteiger partial charge in [0.2, 0.25) is 0 Å². The van der Waals surface area contributed by atoms with Crippen molar-refractivity contribution in [3.05, 3.63) is 21.9 Å². The highest BCUT2D eigenvalue weighted by Gasteiger charge is 2.37. The third kappa shape index (κ3) is 1.85. The second-order valence-corrected chi connectivity index (χ2v) is 5.92. The molecule has 1 aromatic rings. The molecule has 2 aliphatic rings. The minimum absolute atomic E-state index is 0.668. The molecule has 15 heavy (non-hydrogen) atoms. The molecule has 2 heteroatoms. The highest BCUT2D eigenvalue weighted by molar-refractivity contribution is 7.10. The number of fused-ring (bicyclic) bond motifs is 1. The topological polar surface area (TPSA) is 12.0 Å². The van der Waals surface area contributed by atoms with E-state index in [1.807, 2.05) is 11.3 Å². The number of nitrogens with one attached hydrogen (secondary N) is 1. The van der Waals surface area contributed by atoms with Gasteiger partial charge in [0, 0.05) is 17.0 Å². The van der Waals surface area contributed by atoms with E-state index in [1.165, 1.54) is 32.1 Å². The molecule has 1 aromatic heterocycles. The summed E-state index contributed by atoms with van der Waals surface area (Å²) in [5.74, 6) is 0.967. The fraction of sp³-hybridized carbons (Fsp3) is 0.692. The van der Waals surface area contributed by atoms with Crippen molar-refractivity contribution in [2.75, 3.05) is 0 Å². The van der Waals surface area contributed by atoms with Gasteiger partial charge in [-0.2, -0.15) is 0 Å². The molecule has 1 N–H and O–H groups in total. The molecule has 0 amide bonds. The molecule has 3 atom stereocenters. The molecule has 1 nitrogen and oxygen atoms in total. The maximum atomic E-state index is 3.84. The number of thiophene rings is 1. The van der Waals surface area contributed by atoms with E-state index in [0.717, 1.165) is 12.0 Å². The van der Waals surface area contributed by atoms with Crippen molar-refractivity contribution in [1.29, 1.82) is 0 Å². The summed E-state index contributed by atoms with van der Waals surface area (Å²) in [4.78, 5) is 1.63. The predicted octanol–water partition coefficient (Wildman–Crippen LogP) is 3.51. The Bertz CT molecular complexity index is 344. The maximum absolute atomic E-state index is 3.84. The van der Waals surface area contributed by atoms with Crippen LogP contribution in [-0.4, -0.2) is 6.04 Å². The van der Waals surface area contributed by atoms with Crippen LogP contribution in [0.2, 0.25) is 0 Å². The number of hydrogen-bond donors (Lipinski definition) is 1. The lowest BCUT2D eigenvalue weighted by Crippen LogP contribution is -2.27. The minimum Gasteiger partial charge on any atom is -0.307 e. The van der Waals surface area contributed by atoms with Gasteiger partial charge in [-0.3, -0.25) is 0 Å². The van der Waals surface area contributed by atoms with Crippen LogP contribution in [-0.2, 0) is 6.42 Å². The average Bonchev–Trinajstić information content (AvgIpc) is 2.83. The van der Waals surface area contributed by atoms with Crippen molar-refractivity contribution in [2.24, 2.45) is 5.92 Å².